The predicted octanol–water partition coefficient (Wildman–Crippen LogP) is 1.64. The topological polar surface area (TPSA) is 69.6 Å². The lowest BCUT2D eigenvalue weighted by molar-refractivity contribution is -0.136. The maximum absolute atomic E-state index is 10.6. The zero-order chi connectivity index (χ0) is 12.7. The molecule has 0 fully saturated rings. The maximum atomic E-state index is 10.6. The number of carboxylic acids is 1. The van der Waals surface area contributed by atoms with Gasteiger partial charge in [-0.25, -0.2) is 0 Å². The summed E-state index contributed by atoms with van der Waals surface area (Å²) in [6.07, 6.45) is 4.57. The quantitative estimate of drug-likeness (QED) is 0.656. The zero-order valence-corrected chi connectivity index (χ0v) is 9.81. The molecule has 0 unspecified atom stereocenters. The Labute approximate surface area is 101 Å². The molecule has 0 amide bonds. The number of phenolic OH excluding ortho intramolecular Hbond substituents is 1. The Balaban J connectivity index is 2.75. The third-order valence-corrected chi connectivity index (χ3v) is 2.31. The second-order valence-corrected chi connectivity index (χ2v) is 3.76. The first-order valence-electron chi connectivity index (χ1n) is 5.48. The van der Waals surface area contributed by atoms with Crippen LogP contribution in [0.2, 0.25) is 0 Å². The largest absolute Gasteiger partial charge is 0.507 e. The molecule has 4 nitrogen and oxygen atoms in total. The summed E-state index contributed by atoms with van der Waals surface area (Å²) in [7, 11) is 1.87. The van der Waals surface area contributed by atoms with Crippen LogP contribution in [0, 0.1) is 0 Å². The summed E-state index contributed by atoms with van der Waals surface area (Å²) in [5.74, 6) is -0.708. The highest BCUT2D eigenvalue weighted by atomic mass is 16.4. The number of nitrogens with one attached hydrogen (secondary N) is 1. The van der Waals surface area contributed by atoms with Crippen molar-refractivity contribution in [3.05, 3.63) is 35.4 Å². The summed E-state index contributed by atoms with van der Waals surface area (Å²) >= 11 is 0. The Hall–Kier alpha value is -1.81. The van der Waals surface area contributed by atoms with Crippen LogP contribution in [0.25, 0.3) is 6.08 Å². The number of hydrogen-bond acceptors (Lipinski definition) is 3. The Morgan fingerprint density at radius 1 is 1.47 bits per heavy atom. The fourth-order valence-corrected chi connectivity index (χ4v) is 1.46. The second kappa shape index (κ2) is 6.70. The van der Waals surface area contributed by atoms with Crippen molar-refractivity contribution in [3.63, 3.8) is 0 Å². The van der Waals surface area contributed by atoms with Crippen molar-refractivity contribution < 1.29 is 15.0 Å². The number of carboxylic acid groups (broad SMARTS) is 1. The lowest BCUT2D eigenvalue weighted by atomic mass is 10.1. The lowest BCUT2D eigenvalue weighted by Crippen LogP contribution is -2.05. The van der Waals surface area contributed by atoms with Crippen molar-refractivity contribution in [2.75, 3.05) is 13.6 Å². The van der Waals surface area contributed by atoms with Gasteiger partial charge in [-0.05, 0) is 37.7 Å². The number of carbonyl (C=O) groups is 1. The first kappa shape index (κ1) is 13.3. The van der Waals surface area contributed by atoms with Gasteiger partial charge in [-0.2, -0.15) is 0 Å². The van der Waals surface area contributed by atoms with E-state index in [0.29, 0.717) is 11.1 Å². The molecule has 1 aromatic rings. The number of aromatic hydroxyl groups is 1. The summed E-state index contributed by atoms with van der Waals surface area (Å²) in [6.45, 7) is 0.867. The van der Waals surface area contributed by atoms with Gasteiger partial charge in [0, 0.05) is 5.56 Å². The van der Waals surface area contributed by atoms with Crippen LogP contribution < -0.4 is 5.32 Å². The van der Waals surface area contributed by atoms with Crippen LogP contribution in [-0.2, 0) is 11.2 Å². The standard InChI is InChI=1S/C13H17NO3/c1-14-7-3-2-4-11-8-10(9-13(16)17)5-6-12(11)15/h2,4-6,8,14-15H,3,7,9H2,1H3,(H,16,17). The molecule has 0 saturated carbocycles. The van der Waals surface area contributed by atoms with Gasteiger partial charge in [0.05, 0.1) is 6.42 Å². The smallest absolute Gasteiger partial charge is 0.307 e. The van der Waals surface area contributed by atoms with E-state index in [9.17, 15) is 9.90 Å². The number of rotatable bonds is 6. The normalized spacial score (nSPS) is 10.9. The second-order valence-electron chi connectivity index (χ2n) is 3.76. The maximum Gasteiger partial charge on any atom is 0.307 e. The Morgan fingerprint density at radius 2 is 2.24 bits per heavy atom. The number of aliphatic carboxylic acids is 1. The molecular formula is C13H17NO3. The molecule has 1 rings (SSSR count). The van der Waals surface area contributed by atoms with E-state index >= 15 is 0 Å². The molecule has 0 radical (unpaired) electrons. The van der Waals surface area contributed by atoms with E-state index in [-0.39, 0.29) is 12.2 Å². The van der Waals surface area contributed by atoms with Crippen molar-refractivity contribution >= 4 is 12.0 Å². The van der Waals surface area contributed by atoms with Crippen molar-refractivity contribution in [3.8, 4) is 5.75 Å². The van der Waals surface area contributed by atoms with Crippen LogP contribution in [-0.4, -0.2) is 29.8 Å². The van der Waals surface area contributed by atoms with Gasteiger partial charge in [0.15, 0.2) is 0 Å². The minimum Gasteiger partial charge on any atom is -0.507 e. The van der Waals surface area contributed by atoms with E-state index in [2.05, 4.69) is 5.32 Å². The fraction of sp³-hybridized carbons (Fsp3) is 0.308. The number of phenols is 1. The Kier molecular flexibility index (Phi) is 5.23. The average molecular weight is 235 g/mol. The van der Waals surface area contributed by atoms with Crippen LogP contribution in [0.15, 0.2) is 24.3 Å². The van der Waals surface area contributed by atoms with E-state index in [1.54, 1.807) is 18.2 Å². The molecule has 4 heteroatoms. The third-order valence-electron chi connectivity index (χ3n) is 2.31. The monoisotopic (exact) mass is 235 g/mol. The number of hydrogen-bond donors (Lipinski definition) is 3. The first-order valence-corrected chi connectivity index (χ1v) is 5.48. The van der Waals surface area contributed by atoms with Crippen LogP contribution >= 0.6 is 0 Å². The Morgan fingerprint density at radius 3 is 2.88 bits per heavy atom. The molecule has 0 aromatic heterocycles. The molecule has 0 saturated heterocycles. The molecule has 0 bridgehead atoms. The molecule has 1 aromatic carbocycles. The average Bonchev–Trinajstić information content (AvgIpc) is 2.28. The minimum absolute atomic E-state index is 0.0301. The molecule has 17 heavy (non-hydrogen) atoms. The van der Waals surface area contributed by atoms with Crippen molar-refractivity contribution in [2.24, 2.45) is 0 Å². The van der Waals surface area contributed by atoms with E-state index in [4.69, 9.17) is 5.11 Å². The van der Waals surface area contributed by atoms with Crippen LogP contribution in [0.1, 0.15) is 17.5 Å². The molecule has 0 aliphatic heterocycles. The highest BCUT2D eigenvalue weighted by Crippen LogP contribution is 2.20. The van der Waals surface area contributed by atoms with Crippen molar-refractivity contribution in [1.82, 2.24) is 5.32 Å². The number of benzene rings is 1. The van der Waals surface area contributed by atoms with Gasteiger partial charge in [-0.3, -0.25) is 4.79 Å². The first-order chi connectivity index (χ1) is 8.13. The van der Waals surface area contributed by atoms with E-state index in [1.165, 1.54) is 6.07 Å². The van der Waals surface area contributed by atoms with E-state index < -0.39 is 5.97 Å². The van der Waals surface area contributed by atoms with Gasteiger partial charge >= 0.3 is 5.97 Å². The summed E-state index contributed by atoms with van der Waals surface area (Å²) < 4.78 is 0. The molecule has 0 aliphatic rings. The Bertz CT molecular complexity index is 413. The van der Waals surface area contributed by atoms with Crippen LogP contribution in [0.3, 0.4) is 0 Å². The summed E-state index contributed by atoms with van der Waals surface area (Å²) in [5, 5.41) is 21.3. The highest BCUT2D eigenvalue weighted by Gasteiger charge is 2.03. The summed E-state index contributed by atoms with van der Waals surface area (Å²) in [4.78, 5) is 10.6. The SMILES string of the molecule is CNCCC=Cc1cc(CC(=O)O)ccc1O. The van der Waals surface area contributed by atoms with Crippen molar-refractivity contribution in [1.29, 1.82) is 0 Å². The molecule has 0 heterocycles. The predicted molar refractivity (Wildman–Crippen MR) is 67.0 cm³/mol. The zero-order valence-electron chi connectivity index (χ0n) is 9.81. The van der Waals surface area contributed by atoms with Gasteiger partial charge < -0.3 is 15.5 Å². The molecular weight excluding hydrogens is 218 g/mol. The fourth-order valence-electron chi connectivity index (χ4n) is 1.46. The molecule has 0 aliphatic carbocycles. The van der Waals surface area contributed by atoms with Gasteiger partial charge in [0.25, 0.3) is 0 Å². The highest BCUT2D eigenvalue weighted by molar-refractivity contribution is 5.71. The lowest BCUT2D eigenvalue weighted by Gasteiger charge is -2.02. The van der Waals surface area contributed by atoms with Crippen LogP contribution in [0.5, 0.6) is 5.75 Å². The molecule has 0 spiro atoms. The van der Waals surface area contributed by atoms with Gasteiger partial charge in [-0.15, -0.1) is 0 Å². The van der Waals surface area contributed by atoms with E-state index in [0.717, 1.165) is 13.0 Å². The van der Waals surface area contributed by atoms with E-state index in [1.807, 2.05) is 13.1 Å². The molecule has 0 atom stereocenters. The van der Waals surface area contributed by atoms with Gasteiger partial charge in [0.2, 0.25) is 0 Å². The summed E-state index contributed by atoms with van der Waals surface area (Å²) in [5.41, 5.74) is 1.34. The minimum atomic E-state index is -0.874. The van der Waals surface area contributed by atoms with Gasteiger partial charge in [0.1, 0.15) is 5.75 Å². The van der Waals surface area contributed by atoms with Crippen molar-refractivity contribution in [2.45, 2.75) is 12.8 Å². The molecule has 3 N–H and O–H groups in total. The molecule has 92 valence electrons. The van der Waals surface area contributed by atoms with Gasteiger partial charge in [-0.1, -0.05) is 18.2 Å². The van der Waals surface area contributed by atoms with Crippen LogP contribution in [0.4, 0.5) is 0 Å². The summed E-state index contributed by atoms with van der Waals surface area (Å²) in [6, 6.07) is 4.84. The third kappa shape index (κ3) is 4.70.